The number of benzene rings is 2. The Labute approximate surface area is 183 Å². The third-order valence-corrected chi connectivity index (χ3v) is 7.58. The second kappa shape index (κ2) is 9.70. The van der Waals surface area contributed by atoms with E-state index in [0.29, 0.717) is 45.0 Å². The van der Waals surface area contributed by atoms with E-state index in [1.54, 1.807) is 17.0 Å². The minimum atomic E-state index is -2.89. The Kier molecular flexibility index (Phi) is 6.77. The summed E-state index contributed by atoms with van der Waals surface area (Å²) in [5.74, 6) is 1.83. The van der Waals surface area contributed by atoms with E-state index in [0.717, 1.165) is 11.3 Å². The first-order chi connectivity index (χ1) is 15.0. The SMILES string of the molecule is O=C(COc1ccc(OCc2ccccc2)cc1)N1CCN([C@@H]2CCS(=O)(=O)C2)CC1. The highest BCUT2D eigenvalue weighted by atomic mass is 32.2. The van der Waals surface area contributed by atoms with Gasteiger partial charge in [-0.25, -0.2) is 8.42 Å². The molecule has 0 aliphatic carbocycles. The van der Waals surface area contributed by atoms with Crippen molar-refractivity contribution in [3.8, 4) is 11.5 Å². The van der Waals surface area contributed by atoms with Gasteiger partial charge in [0, 0.05) is 32.2 Å². The van der Waals surface area contributed by atoms with Crippen LogP contribution in [0.5, 0.6) is 11.5 Å². The van der Waals surface area contributed by atoms with Gasteiger partial charge in [0.25, 0.3) is 5.91 Å². The molecule has 0 unspecified atom stereocenters. The minimum absolute atomic E-state index is 0.0119. The maximum absolute atomic E-state index is 12.5. The third-order valence-electron chi connectivity index (χ3n) is 5.83. The maximum Gasteiger partial charge on any atom is 0.260 e. The average Bonchev–Trinajstić information content (AvgIpc) is 3.17. The second-order valence-electron chi connectivity index (χ2n) is 8.01. The lowest BCUT2D eigenvalue weighted by Gasteiger charge is -2.37. The lowest BCUT2D eigenvalue weighted by Crippen LogP contribution is -2.53. The molecular weight excluding hydrogens is 416 g/mol. The molecule has 8 heteroatoms. The lowest BCUT2D eigenvalue weighted by molar-refractivity contribution is -0.135. The highest BCUT2D eigenvalue weighted by molar-refractivity contribution is 7.91. The highest BCUT2D eigenvalue weighted by Crippen LogP contribution is 2.20. The first-order valence-electron chi connectivity index (χ1n) is 10.6. The number of piperazine rings is 1. The van der Waals surface area contributed by atoms with E-state index < -0.39 is 9.84 Å². The molecule has 7 nitrogen and oxygen atoms in total. The number of carbonyl (C=O) groups excluding carboxylic acids is 1. The van der Waals surface area contributed by atoms with Crippen LogP contribution in [0.25, 0.3) is 0 Å². The van der Waals surface area contributed by atoms with Gasteiger partial charge in [-0.15, -0.1) is 0 Å². The molecule has 1 amide bonds. The molecule has 2 aliphatic rings. The van der Waals surface area contributed by atoms with Gasteiger partial charge in [0.2, 0.25) is 0 Å². The van der Waals surface area contributed by atoms with Crippen molar-refractivity contribution in [2.45, 2.75) is 19.1 Å². The van der Waals surface area contributed by atoms with Crippen LogP contribution in [0.2, 0.25) is 0 Å². The van der Waals surface area contributed by atoms with E-state index >= 15 is 0 Å². The summed E-state index contributed by atoms with van der Waals surface area (Å²) in [7, 11) is -2.89. The fraction of sp³-hybridized carbons (Fsp3) is 0.435. The Morgan fingerprint density at radius 3 is 2.16 bits per heavy atom. The molecule has 166 valence electrons. The molecule has 0 bridgehead atoms. The van der Waals surface area contributed by atoms with Gasteiger partial charge in [-0.1, -0.05) is 30.3 Å². The number of sulfone groups is 1. The van der Waals surface area contributed by atoms with Crippen LogP contribution in [-0.4, -0.2) is 74.5 Å². The van der Waals surface area contributed by atoms with E-state index in [9.17, 15) is 13.2 Å². The molecule has 2 aromatic carbocycles. The van der Waals surface area contributed by atoms with Gasteiger partial charge < -0.3 is 14.4 Å². The zero-order chi connectivity index (χ0) is 21.7. The van der Waals surface area contributed by atoms with Gasteiger partial charge in [-0.05, 0) is 36.2 Å². The Morgan fingerprint density at radius 1 is 0.903 bits per heavy atom. The summed E-state index contributed by atoms with van der Waals surface area (Å²) in [6.07, 6.45) is 0.699. The van der Waals surface area contributed by atoms with Crippen LogP contribution in [0.15, 0.2) is 54.6 Å². The zero-order valence-corrected chi connectivity index (χ0v) is 18.3. The number of carbonyl (C=O) groups is 1. The van der Waals surface area contributed by atoms with Crippen molar-refractivity contribution in [1.29, 1.82) is 0 Å². The van der Waals surface area contributed by atoms with Crippen LogP contribution >= 0.6 is 0 Å². The molecule has 4 rings (SSSR count). The van der Waals surface area contributed by atoms with E-state index in [4.69, 9.17) is 9.47 Å². The molecule has 31 heavy (non-hydrogen) atoms. The summed E-state index contributed by atoms with van der Waals surface area (Å²) in [5.41, 5.74) is 1.10. The summed E-state index contributed by atoms with van der Waals surface area (Å²) in [6, 6.07) is 17.3. The Bertz CT molecular complexity index is 971. The van der Waals surface area contributed by atoms with Crippen LogP contribution in [0, 0.1) is 0 Å². The lowest BCUT2D eigenvalue weighted by atomic mass is 10.2. The minimum Gasteiger partial charge on any atom is -0.489 e. The van der Waals surface area contributed by atoms with Crippen LogP contribution in [0.3, 0.4) is 0 Å². The number of amides is 1. The van der Waals surface area contributed by atoms with Gasteiger partial charge >= 0.3 is 0 Å². The van der Waals surface area contributed by atoms with Gasteiger partial charge in [-0.3, -0.25) is 9.69 Å². The molecule has 2 aromatic rings. The van der Waals surface area contributed by atoms with Gasteiger partial charge in [0.1, 0.15) is 18.1 Å². The standard InChI is InChI=1S/C23H28N2O5S/c26-23(25-13-11-24(12-14-25)20-10-15-31(27,28)18-20)17-30-22-8-6-21(7-9-22)29-16-19-4-2-1-3-5-19/h1-9,20H,10-18H2/t20-/m1/s1. The van der Waals surface area contributed by atoms with Crippen molar-refractivity contribution in [2.75, 3.05) is 44.3 Å². The number of nitrogens with zero attached hydrogens (tertiary/aromatic N) is 2. The van der Waals surface area contributed by atoms with Crippen LogP contribution in [-0.2, 0) is 21.2 Å². The second-order valence-corrected chi connectivity index (χ2v) is 10.2. The molecule has 0 radical (unpaired) electrons. The van der Waals surface area contributed by atoms with E-state index in [-0.39, 0.29) is 30.1 Å². The summed E-state index contributed by atoms with van der Waals surface area (Å²) in [4.78, 5) is 16.5. The average molecular weight is 445 g/mol. The van der Waals surface area contributed by atoms with Crippen LogP contribution in [0.4, 0.5) is 0 Å². The molecule has 2 fully saturated rings. The first kappa shape index (κ1) is 21.6. The Hall–Kier alpha value is -2.58. The largest absolute Gasteiger partial charge is 0.489 e. The van der Waals surface area contributed by atoms with Gasteiger partial charge in [0.05, 0.1) is 11.5 Å². The molecule has 2 heterocycles. The molecule has 2 saturated heterocycles. The molecule has 0 aromatic heterocycles. The maximum atomic E-state index is 12.5. The number of hydrogen-bond donors (Lipinski definition) is 0. The summed E-state index contributed by atoms with van der Waals surface area (Å²) in [5, 5.41) is 0. The first-order valence-corrected chi connectivity index (χ1v) is 12.4. The predicted molar refractivity (Wildman–Crippen MR) is 118 cm³/mol. The highest BCUT2D eigenvalue weighted by Gasteiger charge is 2.34. The molecule has 2 aliphatic heterocycles. The van der Waals surface area contributed by atoms with Crippen molar-refractivity contribution in [2.24, 2.45) is 0 Å². The van der Waals surface area contributed by atoms with Gasteiger partial charge in [-0.2, -0.15) is 0 Å². The van der Waals surface area contributed by atoms with Crippen molar-refractivity contribution in [3.05, 3.63) is 60.2 Å². The molecular formula is C23H28N2O5S. The van der Waals surface area contributed by atoms with Crippen molar-refractivity contribution < 1.29 is 22.7 Å². The fourth-order valence-corrected chi connectivity index (χ4v) is 5.77. The topological polar surface area (TPSA) is 76.2 Å². The van der Waals surface area contributed by atoms with Gasteiger partial charge in [0.15, 0.2) is 16.4 Å². The fourth-order valence-electron chi connectivity index (χ4n) is 4.01. The van der Waals surface area contributed by atoms with Crippen LogP contribution in [0.1, 0.15) is 12.0 Å². The van der Waals surface area contributed by atoms with Crippen LogP contribution < -0.4 is 9.47 Å². The molecule has 1 atom stereocenters. The van der Waals surface area contributed by atoms with Crippen molar-refractivity contribution >= 4 is 15.7 Å². The number of ether oxygens (including phenoxy) is 2. The Morgan fingerprint density at radius 2 is 1.55 bits per heavy atom. The monoisotopic (exact) mass is 444 g/mol. The van der Waals surface area contributed by atoms with E-state index in [1.807, 2.05) is 42.5 Å². The summed E-state index contributed by atoms with van der Waals surface area (Å²) in [6.45, 7) is 3.11. The molecule has 0 spiro atoms. The van der Waals surface area contributed by atoms with Crippen molar-refractivity contribution in [3.63, 3.8) is 0 Å². The quantitative estimate of drug-likeness (QED) is 0.650. The Balaban J connectivity index is 1.18. The van der Waals surface area contributed by atoms with E-state index in [2.05, 4.69) is 4.90 Å². The zero-order valence-electron chi connectivity index (χ0n) is 17.5. The molecule has 0 saturated carbocycles. The van der Waals surface area contributed by atoms with Crippen molar-refractivity contribution in [1.82, 2.24) is 9.80 Å². The number of rotatable bonds is 7. The normalized spacial score (nSPS) is 21.0. The smallest absolute Gasteiger partial charge is 0.260 e. The third kappa shape index (κ3) is 5.98. The molecule has 0 N–H and O–H groups in total. The number of hydrogen-bond acceptors (Lipinski definition) is 6. The predicted octanol–water partition coefficient (Wildman–Crippen LogP) is 1.98. The van der Waals surface area contributed by atoms with E-state index in [1.165, 1.54) is 0 Å². The summed E-state index contributed by atoms with van der Waals surface area (Å²) < 4.78 is 34.8. The summed E-state index contributed by atoms with van der Waals surface area (Å²) >= 11 is 0.